The maximum absolute atomic E-state index is 13.4. The Morgan fingerprint density at radius 1 is 1.44 bits per heavy atom. The third kappa shape index (κ3) is 2.40. The number of aromatic nitrogens is 2. The first kappa shape index (κ1) is 12.3. The Kier molecular flexibility index (Phi) is 2.91. The van der Waals surface area contributed by atoms with E-state index < -0.39 is 20.7 Å². The smallest absolute Gasteiger partial charge is 0.335 e. The van der Waals surface area contributed by atoms with E-state index in [1.807, 2.05) is 4.72 Å². The summed E-state index contributed by atoms with van der Waals surface area (Å²) in [6.07, 6.45) is 0. The molecule has 1 aromatic carbocycles. The molecule has 96 valence electrons. The molecule has 0 aliphatic rings. The Labute approximate surface area is 102 Å². The molecule has 18 heavy (non-hydrogen) atoms. The van der Waals surface area contributed by atoms with Crippen LogP contribution in [0, 0.1) is 12.7 Å². The molecule has 7 nitrogen and oxygen atoms in total. The van der Waals surface area contributed by atoms with Crippen molar-refractivity contribution in [2.45, 2.75) is 11.8 Å². The molecule has 0 amide bonds. The van der Waals surface area contributed by atoms with E-state index in [1.165, 1.54) is 13.0 Å². The second-order valence-electron chi connectivity index (χ2n) is 3.44. The van der Waals surface area contributed by atoms with Crippen molar-refractivity contribution in [2.75, 3.05) is 10.5 Å². The normalized spacial score (nSPS) is 11.4. The van der Waals surface area contributed by atoms with Crippen molar-refractivity contribution in [1.29, 1.82) is 0 Å². The summed E-state index contributed by atoms with van der Waals surface area (Å²) < 4.78 is 43.7. The fourth-order valence-corrected chi connectivity index (χ4v) is 2.27. The number of sulfonamides is 1. The van der Waals surface area contributed by atoms with Crippen LogP contribution in [0.25, 0.3) is 0 Å². The summed E-state index contributed by atoms with van der Waals surface area (Å²) >= 11 is 0. The predicted molar refractivity (Wildman–Crippen MR) is 60.7 cm³/mol. The van der Waals surface area contributed by atoms with E-state index in [-0.39, 0.29) is 17.5 Å². The number of benzene rings is 1. The summed E-state index contributed by atoms with van der Waals surface area (Å²) in [6.45, 7) is 1.52. The third-order valence-corrected chi connectivity index (χ3v) is 3.33. The lowest BCUT2D eigenvalue weighted by molar-refractivity contribution is 0.429. The SMILES string of the molecule is Cc1noc(NS(=O)(=O)c2cc(N)ccc2F)n1. The number of nitrogens with two attached hydrogens (primary N) is 1. The third-order valence-electron chi connectivity index (χ3n) is 1.99. The number of rotatable bonds is 3. The maximum atomic E-state index is 13.4. The fourth-order valence-electron chi connectivity index (χ4n) is 1.23. The molecular weight excluding hydrogens is 263 g/mol. The minimum atomic E-state index is -4.15. The standard InChI is InChI=1S/C9H9FN4O3S/c1-5-12-9(17-13-5)14-18(15,16)8-4-6(11)2-3-7(8)10/h2-4H,11H2,1H3,(H,12,13,14). The van der Waals surface area contributed by atoms with Crippen molar-refractivity contribution in [2.24, 2.45) is 0 Å². The Hall–Kier alpha value is -2.16. The van der Waals surface area contributed by atoms with Gasteiger partial charge in [0.05, 0.1) is 0 Å². The summed E-state index contributed by atoms with van der Waals surface area (Å²) in [7, 11) is -4.15. The molecular formula is C9H9FN4O3S. The lowest BCUT2D eigenvalue weighted by Crippen LogP contribution is -2.15. The van der Waals surface area contributed by atoms with Crippen molar-refractivity contribution in [3.63, 3.8) is 0 Å². The van der Waals surface area contributed by atoms with Crippen LogP contribution < -0.4 is 10.5 Å². The number of aryl methyl sites for hydroxylation is 1. The van der Waals surface area contributed by atoms with Crippen molar-refractivity contribution in [1.82, 2.24) is 10.1 Å². The van der Waals surface area contributed by atoms with Crippen LogP contribution >= 0.6 is 0 Å². The number of nitrogen functional groups attached to an aromatic ring is 1. The molecule has 3 N–H and O–H groups in total. The lowest BCUT2D eigenvalue weighted by Gasteiger charge is -2.05. The lowest BCUT2D eigenvalue weighted by atomic mass is 10.3. The van der Waals surface area contributed by atoms with Gasteiger partial charge in [0.1, 0.15) is 10.7 Å². The summed E-state index contributed by atoms with van der Waals surface area (Å²) in [6, 6.07) is 2.88. The molecule has 0 fully saturated rings. The van der Waals surface area contributed by atoms with Gasteiger partial charge in [-0.1, -0.05) is 5.16 Å². The van der Waals surface area contributed by atoms with E-state index in [0.29, 0.717) is 0 Å². The van der Waals surface area contributed by atoms with Gasteiger partial charge < -0.3 is 10.3 Å². The van der Waals surface area contributed by atoms with Crippen molar-refractivity contribution < 1.29 is 17.3 Å². The van der Waals surface area contributed by atoms with Gasteiger partial charge in [0, 0.05) is 5.69 Å². The van der Waals surface area contributed by atoms with Gasteiger partial charge in [-0.15, -0.1) is 0 Å². The van der Waals surface area contributed by atoms with Crippen LogP contribution in [0.15, 0.2) is 27.6 Å². The quantitative estimate of drug-likeness (QED) is 0.803. The largest absolute Gasteiger partial charge is 0.399 e. The van der Waals surface area contributed by atoms with E-state index >= 15 is 0 Å². The molecule has 1 heterocycles. The van der Waals surface area contributed by atoms with Crippen LogP contribution in [0.1, 0.15) is 5.82 Å². The fraction of sp³-hybridized carbons (Fsp3) is 0.111. The first-order valence-electron chi connectivity index (χ1n) is 4.76. The highest BCUT2D eigenvalue weighted by atomic mass is 32.2. The summed E-state index contributed by atoms with van der Waals surface area (Å²) in [5.41, 5.74) is 5.53. The van der Waals surface area contributed by atoms with Gasteiger partial charge >= 0.3 is 6.01 Å². The molecule has 1 aromatic heterocycles. The molecule has 2 aromatic rings. The molecule has 0 aliphatic heterocycles. The number of hydrogen-bond donors (Lipinski definition) is 2. The van der Waals surface area contributed by atoms with E-state index in [0.717, 1.165) is 12.1 Å². The molecule has 0 bridgehead atoms. The topological polar surface area (TPSA) is 111 Å². The Bertz CT molecular complexity index is 683. The number of hydrogen-bond acceptors (Lipinski definition) is 6. The Morgan fingerprint density at radius 3 is 2.78 bits per heavy atom. The van der Waals surface area contributed by atoms with Gasteiger partial charge in [-0.05, 0) is 25.1 Å². The number of nitrogens with one attached hydrogen (secondary N) is 1. The molecule has 0 spiro atoms. The van der Waals surface area contributed by atoms with Crippen molar-refractivity contribution >= 4 is 21.7 Å². The van der Waals surface area contributed by atoms with Crippen LogP contribution in [0.3, 0.4) is 0 Å². The van der Waals surface area contributed by atoms with Crippen LogP contribution in [-0.4, -0.2) is 18.6 Å². The first-order chi connectivity index (χ1) is 8.38. The molecule has 9 heteroatoms. The molecule has 0 aliphatic carbocycles. The monoisotopic (exact) mass is 272 g/mol. The average Bonchev–Trinajstić information content (AvgIpc) is 2.66. The van der Waals surface area contributed by atoms with Gasteiger partial charge in [0.25, 0.3) is 10.0 Å². The molecule has 2 rings (SSSR count). The molecule has 0 radical (unpaired) electrons. The van der Waals surface area contributed by atoms with E-state index in [9.17, 15) is 12.8 Å². The Balaban J connectivity index is 2.39. The van der Waals surface area contributed by atoms with Gasteiger partial charge in [-0.25, -0.2) is 17.5 Å². The van der Waals surface area contributed by atoms with Crippen molar-refractivity contribution in [3.05, 3.63) is 29.8 Å². The Morgan fingerprint density at radius 2 is 2.17 bits per heavy atom. The average molecular weight is 272 g/mol. The van der Waals surface area contributed by atoms with Gasteiger partial charge in [-0.2, -0.15) is 4.98 Å². The van der Waals surface area contributed by atoms with Gasteiger partial charge in [0.15, 0.2) is 5.82 Å². The number of anilines is 2. The zero-order valence-electron chi connectivity index (χ0n) is 9.21. The summed E-state index contributed by atoms with van der Waals surface area (Å²) in [4.78, 5) is 3.07. The van der Waals surface area contributed by atoms with Gasteiger partial charge in [0.2, 0.25) is 0 Å². The van der Waals surface area contributed by atoms with Crippen LogP contribution in [0.2, 0.25) is 0 Å². The number of halogens is 1. The minimum Gasteiger partial charge on any atom is -0.399 e. The van der Waals surface area contributed by atoms with Gasteiger partial charge in [-0.3, -0.25) is 0 Å². The van der Waals surface area contributed by atoms with Crippen LogP contribution in [-0.2, 0) is 10.0 Å². The predicted octanol–water partition coefficient (Wildman–Crippen LogP) is 0.900. The first-order valence-corrected chi connectivity index (χ1v) is 6.25. The maximum Gasteiger partial charge on any atom is 0.335 e. The zero-order valence-corrected chi connectivity index (χ0v) is 10.0. The molecule has 0 saturated carbocycles. The summed E-state index contributed by atoms with van der Waals surface area (Å²) in [5, 5.41) is 3.40. The zero-order chi connectivity index (χ0) is 13.3. The molecule has 0 saturated heterocycles. The molecule has 0 atom stereocenters. The summed E-state index contributed by atoms with van der Waals surface area (Å²) in [5.74, 6) is -0.673. The molecule has 0 unspecified atom stereocenters. The highest BCUT2D eigenvalue weighted by molar-refractivity contribution is 7.92. The highest BCUT2D eigenvalue weighted by Crippen LogP contribution is 2.20. The van der Waals surface area contributed by atoms with Crippen LogP contribution in [0.5, 0.6) is 0 Å². The second kappa shape index (κ2) is 4.26. The second-order valence-corrected chi connectivity index (χ2v) is 5.09. The van der Waals surface area contributed by atoms with Crippen LogP contribution in [0.4, 0.5) is 16.1 Å². The number of nitrogens with zero attached hydrogens (tertiary/aromatic N) is 2. The highest BCUT2D eigenvalue weighted by Gasteiger charge is 2.21. The minimum absolute atomic E-state index is 0.124. The van der Waals surface area contributed by atoms with Crippen molar-refractivity contribution in [3.8, 4) is 0 Å². The van der Waals surface area contributed by atoms with E-state index in [1.54, 1.807) is 0 Å². The van der Waals surface area contributed by atoms with E-state index in [4.69, 9.17) is 5.73 Å². The van der Waals surface area contributed by atoms with E-state index in [2.05, 4.69) is 14.7 Å².